The zero-order valence-corrected chi connectivity index (χ0v) is 10.3. The number of amides is 1. The lowest BCUT2D eigenvalue weighted by Gasteiger charge is -2.41. The molecule has 0 atom stereocenters. The maximum atomic E-state index is 11.7. The van der Waals surface area contributed by atoms with Gasteiger partial charge in [0.15, 0.2) is 0 Å². The van der Waals surface area contributed by atoms with Gasteiger partial charge >= 0.3 is 0 Å². The first-order valence-corrected chi connectivity index (χ1v) is 6.18. The van der Waals surface area contributed by atoms with Crippen LogP contribution in [0.5, 0.6) is 0 Å². The molecule has 0 bridgehead atoms. The molecule has 1 heterocycles. The van der Waals surface area contributed by atoms with Gasteiger partial charge in [0.1, 0.15) is 6.54 Å². The molecule has 1 amide bonds. The number of hydrogen-bond acceptors (Lipinski definition) is 3. The number of rotatable bonds is 5. The van der Waals surface area contributed by atoms with E-state index < -0.39 is 0 Å². The summed E-state index contributed by atoms with van der Waals surface area (Å²) < 4.78 is 1.56. The number of aromatic nitrogens is 2. The summed E-state index contributed by atoms with van der Waals surface area (Å²) in [5.41, 5.74) is 6.48. The Kier molecular flexibility index (Phi) is 3.36. The minimum absolute atomic E-state index is 0.00725. The van der Waals surface area contributed by atoms with E-state index >= 15 is 0 Å². The first-order valence-electron chi connectivity index (χ1n) is 6.18. The SMILES string of the molecule is CCC1(CNC(=O)Cn2cc(N)cn2)CCC1. The Labute approximate surface area is 101 Å². The number of nitrogens with zero attached hydrogens (tertiary/aromatic N) is 2. The summed E-state index contributed by atoms with van der Waals surface area (Å²) in [6, 6.07) is 0. The van der Waals surface area contributed by atoms with E-state index in [1.807, 2.05) is 0 Å². The predicted molar refractivity (Wildman–Crippen MR) is 66.2 cm³/mol. The number of hydrogen-bond donors (Lipinski definition) is 2. The van der Waals surface area contributed by atoms with Gasteiger partial charge in [0.05, 0.1) is 11.9 Å². The maximum absolute atomic E-state index is 11.7. The summed E-state index contributed by atoms with van der Waals surface area (Å²) in [6.07, 6.45) is 8.11. The third-order valence-corrected chi connectivity index (χ3v) is 3.78. The Hall–Kier alpha value is -1.52. The van der Waals surface area contributed by atoms with Crippen LogP contribution in [0.4, 0.5) is 5.69 Å². The van der Waals surface area contributed by atoms with Crippen molar-refractivity contribution in [2.45, 2.75) is 39.2 Å². The zero-order chi connectivity index (χ0) is 12.3. The first-order chi connectivity index (χ1) is 8.13. The van der Waals surface area contributed by atoms with Gasteiger partial charge in [-0.15, -0.1) is 0 Å². The summed E-state index contributed by atoms with van der Waals surface area (Å²) in [5.74, 6) is 0.00725. The number of nitrogens with two attached hydrogens (primary N) is 1. The molecule has 1 aromatic rings. The highest BCUT2D eigenvalue weighted by Crippen LogP contribution is 2.42. The summed E-state index contributed by atoms with van der Waals surface area (Å²) in [6.45, 7) is 3.23. The Morgan fingerprint density at radius 2 is 2.41 bits per heavy atom. The number of anilines is 1. The van der Waals surface area contributed by atoms with Gasteiger partial charge in [-0.05, 0) is 24.7 Å². The van der Waals surface area contributed by atoms with E-state index in [4.69, 9.17) is 5.73 Å². The molecule has 2 rings (SSSR count). The van der Waals surface area contributed by atoms with Gasteiger partial charge in [-0.2, -0.15) is 5.10 Å². The Bertz CT molecular complexity index is 389. The molecule has 5 nitrogen and oxygen atoms in total. The smallest absolute Gasteiger partial charge is 0.241 e. The molecule has 0 aromatic carbocycles. The van der Waals surface area contributed by atoms with Crippen LogP contribution >= 0.6 is 0 Å². The Morgan fingerprint density at radius 1 is 1.65 bits per heavy atom. The van der Waals surface area contributed by atoms with E-state index in [1.165, 1.54) is 19.3 Å². The van der Waals surface area contributed by atoms with Crippen molar-refractivity contribution in [2.75, 3.05) is 12.3 Å². The second kappa shape index (κ2) is 4.77. The third kappa shape index (κ3) is 2.78. The summed E-state index contributed by atoms with van der Waals surface area (Å²) in [7, 11) is 0. The normalized spacial score (nSPS) is 17.5. The van der Waals surface area contributed by atoms with Crippen molar-refractivity contribution in [3.05, 3.63) is 12.4 Å². The molecule has 5 heteroatoms. The van der Waals surface area contributed by atoms with E-state index in [0.717, 1.165) is 13.0 Å². The lowest BCUT2D eigenvalue weighted by atomic mass is 9.67. The van der Waals surface area contributed by atoms with Crippen LogP contribution in [-0.2, 0) is 11.3 Å². The van der Waals surface area contributed by atoms with E-state index in [-0.39, 0.29) is 12.5 Å². The van der Waals surface area contributed by atoms with E-state index in [9.17, 15) is 4.79 Å². The molecular weight excluding hydrogens is 216 g/mol. The minimum atomic E-state index is 0.00725. The Balaban J connectivity index is 1.78. The summed E-state index contributed by atoms with van der Waals surface area (Å²) in [5, 5.41) is 6.98. The highest BCUT2D eigenvalue weighted by Gasteiger charge is 2.35. The van der Waals surface area contributed by atoms with Crippen LogP contribution in [0.2, 0.25) is 0 Å². The number of carbonyl (C=O) groups excluding carboxylic acids is 1. The van der Waals surface area contributed by atoms with Crippen molar-refractivity contribution < 1.29 is 4.79 Å². The molecule has 1 aromatic heterocycles. The Morgan fingerprint density at radius 3 is 2.88 bits per heavy atom. The first kappa shape index (κ1) is 12.0. The third-order valence-electron chi connectivity index (χ3n) is 3.78. The fourth-order valence-electron chi connectivity index (χ4n) is 2.29. The molecule has 0 saturated heterocycles. The largest absolute Gasteiger partial charge is 0.396 e. The average Bonchev–Trinajstić information content (AvgIpc) is 2.63. The molecule has 94 valence electrons. The predicted octanol–water partition coefficient (Wildman–Crippen LogP) is 1.16. The van der Waals surface area contributed by atoms with Gasteiger partial charge in [0, 0.05) is 12.7 Å². The molecule has 1 aliphatic rings. The van der Waals surface area contributed by atoms with Crippen LogP contribution in [-0.4, -0.2) is 22.2 Å². The fourth-order valence-corrected chi connectivity index (χ4v) is 2.29. The second-order valence-electron chi connectivity index (χ2n) is 4.96. The van der Waals surface area contributed by atoms with Gasteiger partial charge in [0.25, 0.3) is 0 Å². The van der Waals surface area contributed by atoms with Crippen LogP contribution in [0.25, 0.3) is 0 Å². The lowest BCUT2D eigenvalue weighted by molar-refractivity contribution is -0.122. The van der Waals surface area contributed by atoms with Crippen molar-refractivity contribution in [2.24, 2.45) is 5.41 Å². The highest BCUT2D eigenvalue weighted by molar-refractivity contribution is 5.75. The van der Waals surface area contributed by atoms with Crippen molar-refractivity contribution in [3.63, 3.8) is 0 Å². The number of nitrogen functional groups attached to an aromatic ring is 1. The maximum Gasteiger partial charge on any atom is 0.241 e. The van der Waals surface area contributed by atoms with Gasteiger partial charge in [-0.3, -0.25) is 9.48 Å². The lowest BCUT2D eigenvalue weighted by Crippen LogP contribution is -2.42. The molecule has 1 saturated carbocycles. The van der Waals surface area contributed by atoms with Crippen LogP contribution in [0.15, 0.2) is 12.4 Å². The van der Waals surface area contributed by atoms with E-state index in [2.05, 4.69) is 17.3 Å². The highest BCUT2D eigenvalue weighted by atomic mass is 16.2. The van der Waals surface area contributed by atoms with Gasteiger partial charge in [-0.1, -0.05) is 13.3 Å². The van der Waals surface area contributed by atoms with E-state index in [0.29, 0.717) is 11.1 Å². The molecule has 0 unspecified atom stereocenters. The van der Waals surface area contributed by atoms with Gasteiger partial charge < -0.3 is 11.1 Å². The number of carbonyl (C=O) groups is 1. The molecule has 1 fully saturated rings. The topological polar surface area (TPSA) is 72.9 Å². The molecule has 0 spiro atoms. The molecule has 0 radical (unpaired) electrons. The van der Waals surface area contributed by atoms with Crippen LogP contribution in [0.3, 0.4) is 0 Å². The molecule has 0 aliphatic heterocycles. The summed E-state index contributed by atoms with van der Waals surface area (Å²) in [4.78, 5) is 11.7. The second-order valence-corrected chi connectivity index (χ2v) is 4.96. The monoisotopic (exact) mass is 236 g/mol. The molecular formula is C12H20N4O. The van der Waals surface area contributed by atoms with Crippen LogP contribution in [0, 0.1) is 5.41 Å². The van der Waals surface area contributed by atoms with E-state index in [1.54, 1.807) is 17.1 Å². The fraction of sp³-hybridized carbons (Fsp3) is 0.667. The quantitative estimate of drug-likeness (QED) is 0.805. The molecule has 3 N–H and O–H groups in total. The standard InChI is InChI=1S/C12H20N4O/c1-2-12(4-3-5-12)9-14-11(17)8-16-7-10(13)6-15-16/h6-7H,2-5,8-9,13H2,1H3,(H,14,17). The van der Waals surface area contributed by atoms with Crippen molar-refractivity contribution >= 4 is 11.6 Å². The minimum Gasteiger partial charge on any atom is -0.396 e. The van der Waals surface area contributed by atoms with Crippen molar-refractivity contribution in [1.29, 1.82) is 0 Å². The zero-order valence-electron chi connectivity index (χ0n) is 10.3. The van der Waals surface area contributed by atoms with Crippen LogP contribution in [0.1, 0.15) is 32.6 Å². The molecule has 1 aliphatic carbocycles. The molecule has 17 heavy (non-hydrogen) atoms. The summed E-state index contributed by atoms with van der Waals surface area (Å²) >= 11 is 0. The van der Waals surface area contributed by atoms with Crippen molar-refractivity contribution in [3.8, 4) is 0 Å². The van der Waals surface area contributed by atoms with Crippen molar-refractivity contribution in [1.82, 2.24) is 15.1 Å². The number of nitrogens with one attached hydrogen (secondary N) is 1. The van der Waals surface area contributed by atoms with Gasteiger partial charge in [-0.25, -0.2) is 0 Å². The van der Waals surface area contributed by atoms with Gasteiger partial charge in [0.2, 0.25) is 5.91 Å². The van der Waals surface area contributed by atoms with Crippen LogP contribution < -0.4 is 11.1 Å². The average molecular weight is 236 g/mol.